The first-order valence-electron chi connectivity index (χ1n) is 6.37. The van der Waals surface area contributed by atoms with Crippen molar-refractivity contribution in [1.82, 2.24) is 4.72 Å². The lowest BCUT2D eigenvalue weighted by Crippen LogP contribution is -2.52. The van der Waals surface area contributed by atoms with Crippen molar-refractivity contribution in [2.75, 3.05) is 11.9 Å². The smallest absolute Gasteiger partial charge is 0.243 e. The van der Waals surface area contributed by atoms with Crippen LogP contribution in [0.5, 0.6) is 0 Å². The standard InChI is InChI=1S/C13H21N3O3S/c1-4-9-15-10-7-5-6-8-11(10)20(18,19)16-13(2,3)12(14)17/h5-8,15-16H,4,9H2,1-3H3,(H2,14,17). The Bertz CT molecular complexity index is 582. The van der Waals surface area contributed by atoms with Crippen molar-refractivity contribution in [3.8, 4) is 0 Å². The Hall–Kier alpha value is -1.60. The molecule has 0 aliphatic rings. The summed E-state index contributed by atoms with van der Waals surface area (Å²) in [6.45, 7) is 5.49. The molecule has 0 aromatic heterocycles. The van der Waals surface area contributed by atoms with Crippen molar-refractivity contribution in [2.24, 2.45) is 5.73 Å². The van der Waals surface area contributed by atoms with Gasteiger partial charge < -0.3 is 11.1 Å². The van der Waals surface area contributed by atoms with Crippen LogP contribution in [0.4, 0.5) is 5.69 Å². The van der Waals surface area contributed by atoms with Gasteiger partial charge in [0.2, 0.25) is 15.9 Å². The van der Waals surface area contributed by atoms with Crippen LogP contribution in [-0.2, 0) is 14.8 Å². The van der Waals surface area contributed by atoms with Gasteiger partial charge in [-0.2, -0.15) is 4.72 Å². The van der Waals surface area contributed by atoms with E-state index in [0.29, 0.717) is 12.2 Å². The Morgan fingerprint density at radius 3 is 2.45 bits per heavy atom. The Labute approximate surface area is 119 Å². The van der Waals surface area contributed by atoms with Gasteiger partial charge in [-0.1, -0.05) is 19.1 Å². The van der Waals surface area contributed by atoms with E-state index in [-0.39, 0.29) is 4.90 Å². The summed E-state index contributed by atoms with van der Waals surface area (Å²) in [6, 6.07) is 6.54. The maximum atomic E-state index is 12.4. The van der Waals surface area contributed by atoms with Gasteiger partial charge in [-0.05, 0) is 32.4 Å². The zero-order valence-electron chi connectivity index (χ0n) is 11.9. The van der Waals surface area contributed by atoms with Crippen LogP contribution in [0.25, 0.3) is 0 Å². The fraction of sp³-hybridized carbons (Fsp3) is 0.462. The van der Waals surface area contributed by atoms with Crippen molar-refractivity contribution < 1.29 is 13.2 Å². The first-order valence-corrected chi connectivity index (χ1v) is 7.86. The summed E-state index contributed by atoms with van der Waals surface area (Å²) in [4.78, 5) is 11.4. The molecule has 0 saturated heterocycles. The van der Waals surface area contributed by atoms with Gasteiger partial charge in [0.1, 0.15) is 10.4 Å². The molecule has 0 saturated carbocycles. The van der Waals surface area contributed by atoms with E-state index in [1.54, 1.807) is 18.2 Å². The quantitative estimate of drug-likeness (QED) is 0.700. The summed E-state index contributed by atoms with van der Waals surface area (Å²) >= 11 is 0. The number of rotatable bonds is 7. The number of benzene rings is 1. The van der Waals surface area contributed by atoms with Crippen LogP contribution in [-0.4, -0.2) is 26.4 Å². The summed E-state index contributed by atoms with van der Waals surface area (Å²) in [5.74, 6) is -0.736. The molecule has 20 heavy (non-hydrogen) atoms. The lowest BCUT2D eigenvalue weighted by atomic mass is 10.1. The van der Waals surface area contributed by atoms with Crippen LogP contribution in [0.3, 0.4) is 0 Å². The monoisotopic (exact) mass is 299 g/mol. The molecular formula is C13H21N3O3S. The van der Waals surface area contributed by atoms with Crippen LogP contribution in [0.15, 0.2) is 29.2 Å². The van der Waals surface area contributed by atoms with Crippen LogP contribution in [0.1, 0.15) is 27.2 Å². The molecule has 0 radical (unpaired) electrons. The van der Waals surface area contributed by atoms with Crippen molar-refractivity contribution in [2.45, 2.75) is 37.6 Å². The number of primary amides is 1. The summed E-state index contributed by atoms with van der Waals surface area (Å²) in [7, 11) is -3.84. The molecule has 0 atom stereocenters. The molecule has 0 unspecified atom stereocenters. The Morgan fingerprint density at radius 2 is 1.90 bits per heavy atom. The number of sulfonamides is 1. The van der Waals surface area contributed by atoms with Gasteiger partial charge in [-0.15, -0.1) is 0 Å². The van der Waals surface area contributed by atoms with Gasteiger partial charge in [-0.3, -0.25) is 4.79 Å². The third-order valence-electron chi connectivity index (χ3n) is 2.75. The van der Waals surface area contributed by atoms with Crippen molar-refractivity contribution in [3.05, 3.63) is 24.3 Å². The number of anilines is 1. The van der Waals surface area contributed by atoms with E-state index < -0.39 is 21.5 Å². The molecule has 4 N–H and O–H groups in total. The summed E-state index contributed by atoms with van der Waals surface area (Å²) < 4.78 is 27.1. The molecule has 0 aliphatic carbocycles. The molecule has 1 aromatic rings. The summed E-state index contributed by atoms with van der Waals surface area (Å²) in [6.07, 6.45) is 0.870. The fourth-order valence-electron chi connectivity index (χ4n) is 1.55. The molecule has 1 amide bonds. The molecule has 0 heterocycles. The Kier molecular flexibility index (Phi) is 5.13. The van der Waals surface area contributed by atoms with Crippen LogP contribution in [0, 0.1) is 0 Å². The lowest BCUT2D eigenvalue weighted by molar-refractivity contribution is -0.122. The van der Waals surface area contributed by atoms with Crippen molar-refractivity contribution >= 4 is 21.6 Å². The number of hydrogen-bond acceptors (Lipinski definition) is 4. The average molecular weight is 299 g/mol. The van der Waals surface area contributed by atoms with Crippen LogP contribution >= 0.6 is 0 Å². The maximum absolute atomic E-state index is 12.4. The second-order valence-electron chi connectivity index (χ2n) is 5.02. The highest BCUT2D eigenvalue weighted by Gasteiger charge is 2.32. The lowest BCUT2D eigenvalue weighted by Gasteiger charge is -2.23. The SMILES string of the molecule is CCCNc1ccccc1S(=O)(=O)NC(C)(C)C(N)=O. The number of amides is 1. The topological polar surface area (TPSA) is 101 Å². The molecule has 1 aromatic carbocycles. The van der Waals surface area contributed by atoms with Gasteiger partial charge >= 0.3 is 0 Å². The fourth-order valence-corrected chi connectivity index (χ4v) is 3.12. The summed E-state index contributed by atoms with van der Waals surface area (Å²) in [5.41, 5.74) is 4.34. The maximum Gasteiger partial charge on any atom is 0.243 e. The molecule has 7 heteroatoms. The molecule has 1 rings (SSSR count). The second kappa shape index (κ2) is 6.23. The van der Waals surface area contributed by atoms with Gasteiger partial charge in [0.05, 0.1) is 5.69 Å². The Morgan fingerprint density at radius 1 is 1.30 bits per heavy atom. The number of carbonyl (C=O) groups is 1. The third kappa shape index (κ3) is 3.94. The molecule has 0 fully saturated rings. The molecule has 0 spiro atoms. The van der Waals surface area contributed by atoms with Gasteiger partial charge in [0.25, 0.3) is 0 Å². The highest BCUT2D eigenvalue weighted by atomic mass is 32.2. The molecular weight excluding hydrogens is 278 g/mol. The van der Waals surface area contributed by atoms with Gasteiger partial charge in [0.15, 0.2) is 0 Å². The number of hydrogen-bond donors (Lipinski definition) is 3. The molecule has 0 bridgehead atoms. The highest BCUT2D eigenvalue weighted by molar-refractivity contribution is 7.89. The zero-order valence-corrected chi connectivity index (χ0v) is 12.8. The number of carbonyl (C=O) groups excluding carboxylic acids is 1. The normalized spacial score (nSPS) is 12.2. The van der Waals surface area contributed by atoms with Gasteiger partial charge in [-0.25, -0.2) is 8.42 Å². The van der Waals surface area contributed by atoms with E-state index in [9.17, 15) is 13.2 Å². The first kappa shape index (κ1) is 16.5. The number of para-hydroxylation sites is 1. The number of nitrogens with one attached hydrogen (secondary N) is 2. The Balaban J connectivity index is 3.13. The van der Waals surface area contributed by atoms with E-state index in [4.69, 9.17) is 5.73 Å². The summed E-state index contributed by atoms with van der Waals surface area (Å²) in [5, 5.41) is 3.05. The molecule has 112 valence electrons. The molecule has 0 aliphatic heterocycles. The molecule has 6 nitrogen and oxygen atoms in total. The minimum absolute atomic E-state index is 0.0998. The highest BCUT2D eigenvalue weighted by Crippen LogP contribution is 2.22. The van der Waals surface area contributed by atoms with Crippen LogP contribution < -0.4 is 15.8 Å². The van der Waals surface area contributed by atoms with E-state index in [1.807, 2.05) is 6.92 Å². The second-order valence-corrected chi connectivity index (χ2v) is 6.67. The van der Waals surface area contributed by atoms with Crippen LogP contribution in [0.2, 0.25) is 0 Å². The van der Waals surface area contributed by atoms with Gasteiger partial charge in [0, 0.05) is 6.54 Å². The van der Waals surface area contributed by atoms with E-state index in [0.717, 1.165) is 6.42 Å². The predicted octanol–water partition coefficient (Wildman–Crippen LogP) is 1.05. The van der Waals surface area contributed by atoms with Crippen molar-refractivity contribution in [1.29, 1.82) is 0 Å². The van der Waals surface area contributed by atoms with Crippen molar-refractivity contribution in [3.63, 3.8) is 0 Å². The third-order valence-corrected chi connectivity index (χ3v) is 4.46. The average Bonchev–Trinajstić information content (AvgIpc) is 2.35. The minimum atomic E-state index is -3.84. The minimum Gasteiger partial charge on any atom is -0.384 e. The zero-order chi connectivity index (χ0) is 15.4. The van der Waals surface area contributed by atoms with E-state index >= 15 is 0 Å². The predicted molar refractivity (Wildman–Crippen MR) is 78.8 cm³/mol. The van der Waals surface area contributed by atoms with E-state index in [1.165, 1.54) is 19.9 Å². The van der Waals surface area contributed by atoms with E-state index in [2.05, 4.69) is 10.0 Å². The first-order chi connectivity index (χ1) is 9.20. The largest absolute Gasteiger partial charge is 0.384 e. The number of nitrogens with two attached hydrogens (primary N) is 1.